The maximum absolute atomic E-state index is 14.1. The lowest BCUT2D eigenvalue weighted by Gasteiger charge is -2.24. The summed E-state index contributed by atoms with van der Waals surface area (Å²) in [6.07, 6.45) is -4.43. The molecule has 0 bridgehead atoms. The Hall–Kier alpha value is -2.93. The molecule has 0 amide bonds. The first-order valence-corrected chi connectivity index (χ1v) is 12.8. The first-order valence-electron chi connectivity index (χ1n) is 11.6. The summed E-state index contributed by atoms with van der Waals surface area (Å²) < 4.78 is 39.7. The molecule has 4 aromatic rings. The molecule has 36 heavy (non-hydrogen) atoms. The second-order valence-corrected chi connectivity index (χ2v) is 10.5. The van der Waals surface area contributed by atoms with Gasteiger partial charge in [0, 0.05) is 33.5 Å². The summed E-state index contributed by atoms with van der Waals surface area (Å²) in [4.78, 5) is 15.1. The molecule has 0 unspecified atom stereocenters. The zero-order valence-electron chi connectivity index (χ0n) is 19.3. The maximum Gasteiger partial charge on any atom is 0.416 e. The summed E-state index contributed by atoms with van der Waals surface area (Å²) in [5.74, 6) is -0.779. The third-order valence-electron chi connectivity index (χ3n) is 6.80. The number of nitrogens with one attached hydrogen (secondary N) is 1. The maximum atomic E-state index is 14.1. The van der Waals surface area contributed by atoms with E-state index in [0.29, 0.717) is 16.1 Å². The van der Waals surface area contributed by atoms with Crippen LogP contribution in [0.3, 0.4) is 0 Å². The molecule has 1 N–H and O–H groups in total. The van der Waals surface area contributed by atoms with Crippen molar-refractivity contribution in [2.45, 2.75) is 31.1 Å². The van der Waals surface area contributed by atoms with Crippen molar-refractivity contribution in [2.75, 3.05) is 0 Å². The summed E-state index contributed by atoms with van der Waals surface area (Å²) in [5, 5.41) is 6.20. The number of halogens is 4. The molecule has 0 radical (unpaired) electrons. The molecular formula is C29H23ClF3NOS. The molecule has 2 nitrogen and oxygen atoms in total. The second kappa shape index (κ2) is 9.85. The van der Waals surface area contributed by atoms with Gasteiger partial charge in [-0.15, -0.1) is 11.3 Å². The van der Waals surface area contributed by atoms with Crippen LogP contribution in [0.5, 0.6) is 0 Å². The average Bonchev–Trinajstić information content (AvgIpc) is 3.52. The van der Waals surface area contributed by atoms with Gasteiger partial charge in [0.15, 0.2) is 5.78 Å². The molecule has 1 aliphatic heterocycles. The van der Waals surface area contributed by atoms with Crippen molar-refractivity contribution < 1.29 is 18.0 Å². The van der Waals surface area contributed by atoms with Gasteiger partial charge in [-0.05, 0) is 53.8 Å². The number of thiophene rings is 1. The Morgan fingerprint density at radius 2 is 1.47 bits per heavy atom. The minimum atomic E-state index is -4.43. The van der Waals surface area contributed by atoms with Crippen LogP contribution in [0.25, 0.3) is 0 Å². The van der Waals surface area contributed by atoms with Crippen LogP contribution in [0, 0.1) is 12.8 Å². The normalized spacial score (nSPS) is 22.0. The van der Waals surface area contributed by atoms with Gasteiger partial charge in [-0.1, -0.05) is 71.8 Å². The van der Waals surface area contributed by atoms with Crippen molar-refractivity contribution in [1.29, 1.82) is 0 Å². The Morgan fingerprint density at radius 3 is 2.06 bits per heavy atom. The summed E-state index contributed by atoms with van der Waals surface area (Å²) in [7, 11) is 0. The predicted octanol–water partition coefficient (Wildman–Crippen LogP) is 8.40. The highest BCUT2D eigenvalue weighted by Gasteiger charge is 2.49. The molecule has 2 heterocycles. The number of alkyl halides is 3. The van der Waals surface area contributed by atoms with Crippen molar-refractivity contribution in [3.05, 3.63) is 128 Å². The largest absolute Gasteiger partial charge is 0.416 e. The monoisotopic (exact) mass is 525 g/mol. The van der Waals surface area contributed by atoms with Crippen LogP contribution in [0.4, 0.5) is 13.2 Å². The van der Waals surface area contributed by atoms with Crippen LogP contribution >= 0.6 is 22.9 Å². The summed E-state index contributed by atoms with van der Waals surface area (Å²) in [6, 6.07) is 23.3. The average molecular weight is 526 g/mol. The molecule has 1 fully saturated rings. The smallest absolute Gasteiger partial charge is 0.302 e. The van der Waals surface area contributed by atoms with Crippen molar-refractivity contribution in [2.24, 2.45) is 5.92 Å². The number of aryl methyl sites for hydroxylation is 1. The fraction of sp³-hybridized carbons (Fsp3) is 0.207. The van der Waals surface area contributed by atoms with E-state index in [1.54, 1.807) is 11.3 Å². The molecule has 0 aliphatic carbocycles. The van der Waals surface area contributed by atoms with E-state index in [2.05, 4.69) is 5.32 Å². The van der Waals surface area contributed by atoms with E-state index in [-0.39, 0.29) is 17.7 Å². The third-order valence-corrected chi connectivity index (χ3v) is 8.03. The van der Waals surface area contributed by atoms with Crippen LogP contribution in [0.2, 0.25) is 5.02 Å². The number of hydrogen-bond acceptors (Lipinski definition) is 3. The van der Waals surface area contributed by atoms with Gasteiger partial charge in [-0.2, -0.15) is 13.2 Å². The fourth-order valence-corrected chi connectivity index (χ4v) is 6.06. The van der Waals surface area contributed by atoms with Crippen LogP contribution in [-0.4, -0.2) is 5.78 Å². The quantitative estimate of drug-likeness (QED) is 0.265. The van der Waals surface area contributed by atoms with E-state index < -0.39 is 23.7 Å². The van der Waals surface area contributed by atoms with E-state index in [9.17, 15) is 18.0 Å². The number of ketones is 1. The van der Waals surface area contributed by atoms with Gasteiger partial charge in [0.05, 0.1) is 11.5 Å². The first-order chi connectivity index (χ1) is 17.2. The fourth-order valence-electron chi connectivity index (χ4n) is 5.02. The highest BCUT2D eigenvalue weighted by Crippen LogP contribution is 2.52. The second-order valence-electron chi connectivity index (χ2n) is 9.09. The van der Waals surface area contributed by atoms with E-state index in [4.69, 9.17) is 11.6 Å². The molecule has 5 rings (SSSR count). The van der Waals surface area contributed by atoms with Crippen molar-refractivity contribution >= 4 is 28.7 Å². The Balaban J connectivity index is 1.63. The number of Topliss-reactive ketones (excluding diaryl/α,β-unsaturated/α-hetero) is 1. The molecule has 1 aromatic heterocycles. The molecule has 1 aliphatic rings. The highest BCUT2D eigenvalue weighted by atomic mass is 35.5. The standard InChI is InChI=1S/C29H23ClF3NOS/c1-17-4-6-20(7-5-17)28(35)25-24(23-3-2-16-36-23)26(19-10-14-22(30)15-11-19)34-27(25)18-8-12-21(13-9-18)29(31,32)33/h2-16,24-27,34H,1H3/t24-,25+,26-,27+/m1/s1. The SMILES string of the molecule is Cc1ccc(C(=O)[C@H]2[C@@H](c3cccs3)[C@@H](c3ccc(Cl)cc3)N[C@H]2c2ccc(C(F)(F)F)cc2)cc1. The molecule has 0 spiro atoms. The van der Waals surface area contributed by atoms with Crippen LogP contribution < -0.4 is 5.32 Å². The summed E-state index contributed by atoms with van der Waals surface area (Å²) in [6.45, 7) is 1.96. The van der Waals surface area contributed by atoms with Gasteiger partial charge in [0.2, 0.25) is 0 Å². The van der Waals surface area contributed by atoms with Crippen molar-refractivity contribution in [1.82, 2.24) is 5.32 Å². The third kappa shape index (κ3) is 4.85. The van der Waals surface area contributed by atoms with E-state index in [0.717, 1.165) is 28.1 Å². The Labute approximate surface area is 216 Å². The van der Waals surface area contributed by atoms with Gasteiger partial charge in [0.25, 0.3) is 0 Å². The minimum Gasteiger partial charge on any atom is -0.302 e. The lowest BCUT2D eigenvalue weighted by atomic mass is 9.77. The topological polar surface area (TPSA) is 29.1 Å². The van der Waals surface area contributed by atoms with Crippen molar-refractivity contribution in [3.63, 3.8) is 0 Å². The Bertz CT molecular complexity index is 1330. The van der Waals surface area contributed by atoms with E-state index in [1.165, 1.54) is 12.1 Å². The van der Waals surface area contributed by atoms with Crippen LogP contribution in [-0.2, 0) is 6.18 Å². The minimum absolute atomic E-state index is 0.0396. The van der Waals surface area contributed by atoms with Crippen molar-refractivity contribution in [3.8, 4) is 0 Å². The van der Waals surface area contributed by atoms with Gasteiger partial charge in [-0.25, -0.2) is 0 Å². The lowest BCUT2D eigenvalue weighted by Crippen LogP contribution is -2.26. The molecule has 1 saturated heterocycles. The number of hydrogen-bond donors (Lipinski definition) is 1. The van der Waals surface area contributed by atoms with Gasteiger partial charge >= 0.3 is 6.18 Å². The number of carbonyl (C=O) groups excluding carboxylic acids is 1. The molecule has 7 heteroatoms. The number of benzene rings is 3. The Kier molecular flexibility index (Phi) is 6.77. The first kappa shape index (κ1) is 24.8. The Morgan fingerprint density at radius 1 is 0.861 bits per heavy atom. The highest BCUT2D eigenvalue weighted by molar-refractivity contribution is 7.10. The zero-order chi connectivity index (χ0) is 25.4. The molecule has 184 valence electrons. The van der Waals surface area contributed by atoms with Crippen LogP contribution in [0.1, 0.15) is 55.5 Å². The molecule has 0 saturated carbocycles. The number of rotatable bonds is 5. The number of carbonyl (C=O) groups is 1. The van der Waals surface area contributed by atoms with E-state index in [1.807, 2.05) is 73.0 Å². The van der Waals surface area contributed by atoms with E-state index >= 15 is 0 Å². The zero-order valence-corrected chi connectivity index (χ0v) is 20.9. The molecule has 4 atom stereocenters. The summed E-state index contributed by atoms with van der Waals surface area (Å²) in [5.41, 5.74) is 2.53. The van der Waals surface area contributed by atoms with Gasteiger partial charge < -0.3 is 5.32 Å². The van der Waals surface area contributed by atoms with Crippen LogP contribution in [0.15, 0.2) is 90.3 Å². The molecule has 3 aromatic carbocycles. The summed E-state index contributed by atoms with van der Waals surface area (Å²) >= 11 is 7.71. The lowest BCUT2D eigenvalue weighted by molar-refractivity contribution is -0.137. The van der Waals surface area contributed by atoms with Gasteiger partial charge in [0.1, 0.15) is 0 Å². The predicted molar refractivity (Wildman–Crippen MR) is 138 cm³/mol. The molecular weight excluding hydrogens is 503 g/mol. The van der Waals surface area contributed by atoms with Gasteiger partial charge in [-0.3, -0.25) is 4.79 Å².